The lowest BCUT2D eigenvalue weighted by Crippen LogP contribution is -2.14. The fourth-order valence-electron chi connectivity index (χ4n) is 7.48. The number of fused-ring (bicyclic) bond motifs is 9. The second-order valence-corrected chi connectivity index (χ2v) is 12.6. The van der Waals surface area contributed by atoms with Gasteiger partial charge in [0.1, 0.15) is 0 Å². The monoisotopic (exact) mass is 546 g/mol. The van der Waals surface area contributed by atoms with Crippen molar-refractivity contribution in [1.82, 2.24) is 0 Å². The van der Waals surface area contributed by atoms with Gasteiger partial charge in [-0.15, -0.1) is 0 Å². The van der Waals surface area contributed by atoms with E-state index >= 15 is 0 Å². The molecular weight excluding hydrogens is 516 g/mol. The van der Waals surface area contributed by atoms with Crippen LogP contribution in [0.5, 0.6) is 0 Å². The lowest BCUT2D eigenvalue weighted by Gasteiger charge is -2.22. The Morgan fingerprint density at radius 1 is 0.326 bits per heavy atom. The number of hydrogen-bond acceptors (Lipinski definition) is 0. The van der Waals surface area contributed by atoms with Crippen LogP contribution in [0.3, 0.4) is 0 Å². The highest BCUT2D eigenvalue weighted by Crippen LogP contribution is 2.49. The summed E-state index contributed by atoms with van der Waals surface area (Å²) in [5.41, 5.74) is 10.6. The Morgan fingerprint density at radius 2 is 0.814 bits per heavy atom. The SMILES string of the molecule is CC1(C)c2ccccc2-c2ccc(-c3ccc4ccc5c6cc(-c7ccc8ccccc8c7)ccc6ccc5c4c3)cc21. The molecule has 0 unspecified atom stereocenters. The summed E-state index contributed by atoms with van der Waals surface area (Å²) in [7, 11) is 0. The Morgan fingerprint density at radius 3 is 1.51 bits per heavy atom. The van der Waals surface area contributed by atoms with E-state index in [1.54, 1.807) is 0 Å². The number of benzene rings is 8. The van der Waals surface area contributed by atoms with Gasteiger partial charge in [0.05, 0.1) is 0 Å². The van der Waals surface area contributed by atoms with Gasteiger partial charge >= 0.3 is 0 Å². The van der Waals surface area contributed by atoms with Gasteiger partial charge in [0.2, 0.25) is 0 Å². The molecule has 0 bridgehead atoms. The zero-order valence-electron chi connectivity index (χ0n) is 24.4. The molecule has 0 N–H and O–H groups in total. The van der Waals surface area contributed by atoms with Crippen LogP contribution in [0.1, 0.15) is 25.0 Å². The summed E-state index contributed by atoms with van der Waals surface area (Å²) in [6.45, 7) is 4.71. The zero-order valence-corrected chi connectivity index (χ0v) is 24.4. The third-order valence-electron chi connectivity index (χ3n) is 9.84. The van der Waals surface area contributed by atoms with Gasteiger partial charge in [-0.25, -0.2) is 0 Å². The van der Waals surface area contributed by atoms with E-state index in [2.05, 4.69) is 159 Å². The molecule has 202 valence electrons. The molecule has 8 aromatic carbocycles. The van der Waals surface area contributed by atoms with Crippen LogP contribution in [0.4, 0.5) is 0 Å². The molecule has 1 aliphatic rings. The van der Waals surface area contributed by atoms with E-state index in [9.17, 15) is 0 Å². The molecule has 0 nitrogen and oxygen atoms in total. The molecule has 0 radical (unpaired) electrons. The molecular formula is C43H30. The predicted molar refractivity (Wildman–Crippen MR) is 185 cm³/mol. The first kappa shape index (κ1) is 24.4. The van der Waals surface area contributed by atoms with Crippen LogP contribution < -0.4 is 0 Å². The van der Waals surface area contributed by atoms with Gasteiger partial charge in [0.25, 0.3) is 0 Å². The Kier molecular flexibility index (Phi) is 5.05. The first-order chi connectivity index (χ1) is 21.0. The van der Waals surface area contributed by atoms with E-state index in [-0.39, 0.29) is 5.41 Å². The van der Waals surface area contributed by atoms with Gasteiger partial charge in [-0.05, 0) is 112 Å². The quantitative estimate of drug-likeness (QED) is 0.189. The van der Waals surface area contributed by atoms with E-state index in [4.69, 9.17) is 0 Å². The van der Waals surface area contributed by atoms with E-state index in [1.165, 1.54) is 87.6 Å². The molecule has 0 fully saturated rings. The normalized spacial score (nSPS) is 13.5. The first-order valence-corrected chi connectivity index (χ1v) is 15.2. The van der Waals surface area contributed by atoms with Crippen LogP contribution in [0, 0.1) is 0 Å². The molecule has 0 aliphatic heterocycles. The van der Waals surface area contributed by atoms with Crippen LogP contribution >= 0.6 is 0 Å². The van der Waals surface area contributed by atoms with Crippen molar-refractivity contribution >= 4 is 43.1 Å². The minimum Gasteiger partial charge on any atom is -0.0619 e. The molecule has 0 spiro atoms. The maximum absolute atomic E-state index is 2.42. The van der Waals surface area contributed by atoms with Gasteiger partial charge in [0, 0.05) is 5.41 Å². The average Bonchev–Trinajstić information content (AvgIpc) is 3.29. The van der Waals surface area contributed by atoms with E-state index in [1.807, 2.05) is 0 Å². The summed E-state index contributed by atoms with van der Waals surface area (Å²) >= 11 is 0. The van der Waals surface area contributed by atoms with Crippen LogP contribution in [-0.2, 0) is 5.41 Å². The van der Waals surface area contributed by atoms with Crippen molar-refractivity contribution in [2.24, 2.45) is 0 Å². The molecule has 8 aromatic rings. The molecule has 43 heavy (non-hydrogen) atoms. The Bertz CT molecular complexity index is 2420. The Hall–Kier alpha value is -5.20. The second kappa shape index (κ2) is 8.90. The minimum atomic E-state index is -0.00680. The van der Waals surface area contributed by atoms with Crippen molar-refractivity contribution in [3.63, 3.8) is 0 Å². The average molecular weight is 547 g/mol. The molecule has 1 aliphatic carbocycles. The van der Waals surface area contributed by atoms with Crippen LogP contribution in [0.2, 0.25) is 0 Å². The van der Waals surface area contributed by atoms with Crippen molar-refractivity contribution in [2.75, 3.05) is 0 Å². The molecule has 0 atom stereocenters. The van der Waals surface area contributed by atoms with Crippen molar-refractivity contribution in [2.45, 2.75) is 19.3 Å². The summed E-state index contributed by atoms with van der Waals surface area (Å²) in [5.74, 6) is 0. The topological polar surface area (TPSA) is 0 Å². The van der Waals surface area contributed by atoms with Gasteiger partial charge in [-0.2, -0.15) is 0 Å². The largest absolute Gasteiger partial charge is 0.0619 e. The third kappa shape index (κ3) is 3.63. The predicted octanol–water partition coefficient (Wildman–Crippen LogP) is 11.9. The van der Waals surface area contributed by atoms with E-state index in [0.29, 0.717) is 0 Å². The van der Waals surface area contributed by atoms with Gasteiger partial charge in [-0.3, -0.25) is 0 Å². The fourth-order valence-corrected chi connectivity index (χ4v) is 7.48. The molecule has 0 aromatic heterocycles. The molecule has 0 saturated carbocycles. The highest BCUT2D eigenvalue weighted by Gasteiger charge is 2.35. The Labute approximate surface area is 251 Å². The maximum atomic E-state index is 2.42. The van der Waals surface area contributed by atoms with Gasteiger partial charge in [-0.1, -0.05) is 135 Å². The smallest absolute Gasteiger partial charge is 0.0159 e. The number of rotatable bonds is 2. The highest BCUT2D eigenvalue weighted by atomic mass is 14.4. The molecule has 0 saturated heterocycles. The summed E-state index contributed by atoms with van der Waals surface area (Å²) in [6.07, 6.45) is 0. The molecule has 9 rings (SSSR count). The van der Waals surface area contributed by atoms with Crippen molar-refractivity contribution in [1.29, 1.82) is 0 Å². The van der Waals surface area contributed by atoms with Crippen LogP contribution in [0.15, 0.2) is 146 Å². The summed E-state index contributed by atoms with van der Waals surface area (Å²) in [4.78, 5) is 0. The standard InChI is InChI=1S/C43H30/c1-43(2)41-10-6-5-9-37(41)38-22-19-34(26-42(38)43)33-16-13-29-18-20-35-36(40(29)25-33)21-17-28-12-15-32(24-39(28)35)31-14-11-27-7-3-4-8-30(27)23-31/h3-26H,1-2H3. The van der Waals surface area contributed by atoms with Crippen LogP contribution in [-0.4, -0.2) is 0 Å². The molecule has 0 amide bonds. The summed E-state index contributed by atoms with van der Waals surface area (Å²) in [6, 6.07) is 54.3. The highest BCUT2D eigenvalue weighted by molar-refractivity contribution is 6.18. The molecule has 0 heteroatoms. The summed E-state index contributed by atoms with van der Waals surface area (Å²) < 4.78 is 0. The van der Waals surface area contributed by atoms with Gasteiger partial charge in [0.15, 0.2) is 0 Å². The second-order valence-electron chi connectivity index (χ2n) is 12.6. The minimum absolute atomic E-state index is 0.00680. The lowest BCUT2D eigenvalue weighted by molar-refractivity contribution is 0.660. The third-order valence-corrected chi connectivity index (χ3v) is 9.84. The van der Waals surface area contributed by atoms with Crippen LogP contribution in [0.25, 0.3) is 76.5 Å². The zero-order chi connectivity index (χ0) is 28.7. The fraction of sp³-hybridized carbons (Fsp3) is 0.0698. The van der Waals surface area contributed by atoms with E-state index in [0.717, 1.165) is 0 Å². The van der Waals surface area contributed by atoms with Gasteiger partial charge < -0.3 is 0 Å². The number of hydrogen-bond donors (Lipinski definition) is 0. The Balaban J connectivity index is 1.19. The van der Waals surface area contributed by atoms with Crippen molar-refractivity contribution < 1.29 is 0 Å². The van der Waals surface area contributed by atoms with Crippen molar-refractivity contribution in [3.8, 4) is 33.4 Å². The maximum Gasteiger partial charge on any atom is 0.0159 e. The first-order valence-electron chi connectivity index (χ1n) is 15.2. The summed E-state index contributed by atoms with van der Waals surface area (Å²) in [5, 5.41) is 10.3. The van der Waals surface area contributed by atoms with E-state index < -0.39 is 0 Å². The lowest BCUT2D eigenvalue weighted by atomic mass is 9.81. The van der Waals surface area contributed by atoms with Crippen molar-refractivity contribution in [3.05, 3.63) is 157 Å². The molecule has 0 heterocycles.